The van der Waals surface area contributed by atoms with Gasteiger partial charge in [-0.05, 0) is 41.5 Å². The van der Waals surface area contributed by atoms with Crippen molar-refractivity contribution in [3.63, 3.8) is 0 Å². The smallest absolute Gasteiger partial charge is 0.407 e. The Bertz CT molecular complexity index is 994. The van der Waals surface area contributed by atoms with Crippen molar-refractivity contribution in [2.75, 3.05) is 26.4 Å². The van der Waals surface area contributed by atoms with E-state index in [4.69, 9.17) is 14.6 Å². The highest BCUT2D eigenvalue weighted by Crippen LogP contribution is 2.44. The number of carbonyl (C=O) groups is 3. The van der Waals surface area contributed by atoms with Crippen molar-refractivity contribution < 1.29 is 29.0 Å². The van der Waals surface area contributed by atoms with Gasteiger partial charge in [-0.2, -0.15) is 0 Å². The van der Waals surface area contributed by atoms with Crippen LogP contribution in [0.25, 0.3) is 11.1 Å². The van der Waals surface area contributed by atoms with E-state index in [-0.39, 0.29) is 50.2 Å². The van der Waals surface area contributed by atoms with Crippen molar-refractivity contribution in [1.29, 1.82) is 0 Å². The first-order valence-corrected chi connectivity index (χ1v) is 11.7. The van der Waals surface area contributed by atoms with Gasteiger partial charge in [0, 0.05) is 24.4 Å². The first-order valence-electron chi connectivity index (χ1n) is 11.7. The van der Waals surface area contributed by atoms with Crippen LogP contribution >= 0.6 is 0 Å². The summed E-state index contributed by atoms with van der Waals surface area (Å²) in [4.78, 5) is 35.4. The summed E-state index contributed by atoms with van der Waals surface area (Å²) in [6.45, 7) is 0.275. The molecule has 2 aliphatic rings. The van der Waals surface area contributed by atoms with Crippen LogP contribution in [0.3, 0.4) is 0 Å². The zero-order chi connectivity index (χ0) is 23.9. The molecule has 1 fully saturated rings. The molecule has 2 aliphatic carbocycles. The van der Waals surface area contributed by atoms with Gasteiger partial charge in [0.15, 0.2) is 0 Å². The Morgan fingerprint density at radius 3 is 2.32 bits per heavy atom. The van der Waals surface area contributed by atoms with E-state index in [0.717, 1.165) is 19.3 Å². The number of rotatable bonds is 9. The van der Waals surface area contributed by atoms with E-state index >= 15 is 0 Å². The molecule has 180 valence electrons. The van der Waals surface area contributed by atoms with Crippen molar-refractivity contribution >= 4 is 18.0 Å². The molecule has 0 spiro atoms. The third-order valence-electron chi connectivity index (χ3n) is 6.48. The highest BCUT2D eigenvalue weighted by atomic mass is 16.5. The van der Waals surface area contributed by atoms with Gasteiger partial charge < -0.3 is 25.2 Å². The topological polar surface area (TPSA) is 114 Å². The molecule has 2 atom stereocenters. The summed E-state index contributed by atoms with van der Waals surface area (Å²) < 4.78 is 10.6. The number of carbonyl (C=O) groups excluding carboxylic acids is 2. The van der Waals surface area contributed by atoms with Crippen LogP contribution in [0, 0.1) is 5.92 Å². The lowest BCUT2D eigenvalue weighted by atomic mass is 9.85. The molecule has 0 saturated heterocycles. The van der Waals surface area contributed by atoms with Gasteiger partial charge in [0.1, 0.15) is 13.2 Å². The van der Waals surface area contributed by atoms with Gasteiger partial charge in [-0.1, -0.05) is 55.0 Å². The van der Waals surface area contributed by atoms with Crippen LogP contribution in [0.2, 0.25) is 0 Å². The maximum Gasteiger partial charge on any atom is 0.407 e. The van der Waals surface area contributed by atoms with Crippen molar-refractivity contribution in [3.8, 4) is 11.1 Å². The van der Waals surface area contributed by atoms with Crippen LogP contribution in [0.5, 0.6) is 0 Å². The van der Waals surface area contributed by atoms with Gasteiger partial charge in [0.25, 0.3) is 0 Å². The second kappa shape index (κ2) is 11.2. The maximum atomic E-state index is 12.6. The predicted molar refractivity (Wildman–Crippen MR) is 125 cm³/mol. The Kier molecular flexibility index (Phi) is 7.80. The number of aliphatic carboxylic acids is 1. The lowest BCUT2D eigenvalue weighted by Gasteiger charge is -2.29. The van der Waals surface area contributed by atoms with Crippen LogP contribution in [0.4, 0.5) is 4.79 Å². The lowest BCUT2D eigenvalue weighted by Crippen LogP contribution is -2.43. The van der Waals surface area contributed by atoms with Crippen LogP contribution in [0.15, 0.2) is 48.5 Å². The normalized spacial score (nSPS) is 19.1. The molecule has 0 radical (unpaired) electrons. The van der Waals surface area contributed by atoms with E-state index in [1.165, 1.54) is 22.3 Å². The van der Waals surface area contributed by atoms with Gasteiger partial charge in [0.05, 0.1) is 6.61 Å². The molecule has 1 saturated carbocycles. The van der Waals surface area contributed by atoms with E-state index < -0.39 is 12.1 Å². The summed E-state index contributed by atoms with van der Waals surface area (Å²) in [5.74, 6) is -1.34. The van der Waals surface area contributed by atoms with Crippen molar-refractivity contribution in [2.45, 2.75) is 37.6 Å². The number of benzene rings is 2. The summed E-state index contributed by atoms with van der Waals surface area (Å²) in [7, 11) is 0. The summed E-state index contributed by atoms with van der Waals surface area (Å²) in [6.07, 6.45) is 2.48. The fourth-order valence-electron chi connectivity index (χ4n) is 4.92. The molecule has 0 aliphatic heterocycles. The Morgan fingerprint density at radius 2 is 1.65 bits per heavy atom. The Balaban J connectivity index is 1.24. The number of carboxylic acids is 1. The average molecular weight is 467 g/mol. The van der Waals surface area contributed by atoms with Gasteiger partial charge in [-0.25, -0.2) is 9.59 Å². The molecule has 2 amide bonds. The number of hydrogen-bond donors (Lipinski definition) is 3. The Hall–Kier alpha value is -3.39. The van der Waals surface area contributed by atoms with Gasteiger partial charge in [-0.3, -0.25) is 4.79 Å². The largest absolute Gasteiger partial charge is 0.480 e. The van der Waals surface area contributed by atoms with Crippen LogP contribution < -0.4 is 10.6 Å². The van der Waals surface area contributed by atoms with E-state index in [9.17, 15) is 14.4 Å². The third-order valence-corrected chi connectivity index (χ3v) is 6.48. The first kappa shape index (κ1) is 23.8. The predicted octanol–water partition coefficient (Wildman–Crippen LogP) is 3.30. The maximum absolute atomic E-state index is 12.6. The third kappa shape index (κ3) is 5.75. The van der Waals surface area contributed by atoms with Crippen LogP contribution in [0.1, 0.15) is 42.7 Å². The summed E-state index contributed by atoms with van der Waals surface area (Å²) in [5, 5.41) is 14.3. The minimum Gasteiger partial charge on any atom is -0.480 e. The van der Waals surface area contributed by atoms with Crippen molar-refractivity contribution in [2.24, 2.45) is 5.92 Å². The monoisotopic (exact) mass is 466 g/mol. The number of hydrogen-bond acceptors (Lipinski definition) is 5. The van der Waals surface area contributed by atoms with Crippen molar-refractivity contribution in [1.82, 2.24) is 10.6 Å². The van der Waals surface area contributed by atoms with Gasteiger partial charge >= 0.3 is 12.1 Å². The van der Waals surface area contributed by atoms with E-state index in [1.54, 1.807) is 0 Å². The minimum atomic E-state index is -1.04. The second-order valence-corrected chi connectivity index (χ2v) is 8.77. The SMILES string of the molecule is O=C(O)COCCNC(=O)C1CCCC(NC(=O)OCC2c3ccccc3-c3ccccc32)C1. The Morgan fingerprint density at radius 1 is 0.971 bits per heavy atom. The molecule has 4 rings (SSSR count). The number of nitrogens with one attached hydrogen (secondary N) is 2. The molecule has 0 bridgehead atoms. The molecule has 3 N–H and O–H groups in total. The minimum absolute atomic E-state index is 0.00591. The molecule has 8 nitrogen and oxygen atoms in total. The Labute approximate surface area is 198 Å². The highest BCUT2D eigenvalue weighted by Gasteiger charge is 2.31. The fraction of sp³-hybridized carbons (Fsp3) is 0.423. The zero-order valence-electron chi connectivity index (χ0n) is 19.0. The molecule has 0 heterocycles. The number of alkyl carbamates (subject to hydrolysis) is 1. The highest BCUT2D eigenvalue weighted by molar-refractivity contribution is 5.80. The first-order chi connectivity index (χ1) is 16.5. The van der Waals surface area contributed by atoms with E-state index in [2.05, 4.69) is 34.9 Å². The van der Waals surface area contributed by atoms with Gasteiger partial charge in [0.2, 0.25) is 5.91 Å². The quantitative estimate of drug-likeness (QED) is 0.489. The molecule has 2 unspecified atom stereocenters. The number of fused-ring (bicyclic) bond motifs is 3. The summed E-state index contributed by atoms with van der Waals surface area (Å²) in [6, 6.07) is 16.3. The number of ether oxygens (including phenoxy) is 2. The van der Waals surface area contributed by atoms with Gasteiger partial charge in [-0.15, -0.1) is 0 Å². The van der Waals surface area contributed by atoms with Crippen LogP contribution in [-0.4, -0.2) is 55.5 Å². The molecule has 2 aromatic rings. The van der Waals surface area contributed by atoms with Crippen molar-refractivity contribution in [3.05, 3.63) is 59.7 Å². The fourth-order valence-corrected chi connectivity index (χ4v) is 4.92. The number of amides is 2. The standard InChI is InChI=1S/C26H30N2O6/c29-24(30)16-33-13-12-27-25(31)17-6-5-7-18(14-17)28-26(32)34-15-23-21-10-3-1-8-19(21)20-9-2-4-11-22(20)23/h1-4,8-11,17-18,23H,5-7,12-16H2,(H,27,31)(H,28,32)(H,29,30). The average Bonchev–Trinajstić information content (AvgIpc) is 3.16. The molecular weight excluding hydrogens is 436 g/mol. The summed E-state index contributed by atoms with van der Waals surface area (Å²) >= 11 is 0. The van der Waals surface area contributed by atoms with E-state index in [0.29, 0.717) is 6.42 Å². The molecule has 2 aromatic carbocycles. The molecule has 8 heteroatoms. The zero-order valence-corrected chi connectivity index (χ0v) is 19.0. The number of carboxylic acid groups (broad SMARTS) is 1. The second-order valence-electron chi connectivity index (χ2n) is 8.77. The molecular formula is C26H30N2O6. The van der Waals surface area contributed by atoms with Crippen LogP contribution in [-0.2, 0) is 19.1 Å². The molecule has 34 heavy (non-hydrogen) atoms. The molecule has 0 aromatic heterocycles. The van der Waals surface area contributed by atoms with E-state index in [1.807, 2.05) is 24.3 Å². The lowest BCUT2D eigenvalue weighted by molar-refractivity contribution is -0.142. The summed E-state index contributed by atoms with van der Waals surface area (Å²) in [5.41, 5.74) is 4.69.